The summed E-state index contributed by atoms with van der Waals surface area (Å²) < 4.78 is 45.6. The summed E-state index contributed by atoms with van der Waals surface area (Å²) in [6.07, 6.45) is 0.130. The molecule has 1 aromatic rings. The molecule has 2 aliphatic carbocycles. The van der Waals surface area contributed by atoms with Crippen LogP contribution < -0.4 is 11.1 Å². The summed E-state index contributed by atoms with van der Waals surface area (Å²) in [5.41, 5.74) is 6.09. The van der Waals surface area contributed by atoms with Crippen molar-refractivity contribution in [2.45, 2.75) is 69.8 Å². The number of nitrogens with zero attached hydrogens (tertiary/aromatic N) is 4. The van der Waals surface area contributed by atoms with Gasteiger partial charge >= 0.3 is 6.18 Å². The number of amides is 3. The number of benzene rings is 1. The first kappa shape index (κ1) is 31.5. The Balaban J connectivity index is 0.00000188. The van der Waals surface area contributed by atoms with E-state index in [1.165, 1.54) is 17.0 Å². The first-order chi connectivity index (χ1) is 21.1. The van der Waals surface area contributed by atoms with Crippen molar-refractivity contribution in [3.05, 3.63) is 46.7 Å². The number of nitrogens with two attached hydrogens (primary N) is 1. The van der Waals surface area contributed by atoms with E-state index in [-0.39, 0.29) is 41.7 Å². The van der Waals surface area contributed by atoms with Crippen molar-refractivity contribution < 1.29 is 32.3 Å². The van der Waals surface area contributed by atoms with E-state index >= 15 is 0 Å². The van der Waals surface area contributed by atoms with Crippen LogP contribution in [-0.4, -0.2) is 77.8 Å². The molecule has 236 valence electrons. The fraction of sp³-hybridized carbons (Fsp3) is 0.581. The summed E-state index contributed by atoms with van der Waals surface area (Å²) in [6, 6.07) is 3.07. The molecule has 0 aromatic heterocycles. The number of hydrogen-bond donors (Lipinski definition) is 2. The molecule has 6 rings (SSSR count). The predicted molar refractivity (Wildman–Crippen MR) is 154 cm³/mol. The standard InChI is InChI=1S/C30H36F3N5O4.CHN/c1-2-37-26(35-20-9-12-42-13-10-20)23(24(34)28(40)38-11-8-17-15-21(17)38)22(16-6-7-16)25(29(37)41)36-27(39)18-4-3-5-19(14-18)30(31,32)33;1-2/h3-5,14,16-17,20-22,25H,2,6-13,15,34H2,1H3,(H,36,39);1H/b24-23-,35-26?;. The third kappa shape index (κ3) is 6.18. The second kappa shape index (κ2) is 12.6. The van der Waals surface area contributed by atoms with Gasteiger partial charge in [-0.15, -0.1) is 0 Å². The van der Waals surface area contributed by atoms with Crippen LogP contribution >= 0.6 is 0 Å². The van der Waals surface area contributed by atoms with Crippen LogP contribution in [0.25, 0.3) is 0 Å². The molecule has 0 radical (unpaired) electrons. The molecule has 3 N–H and O–H groups in total. The maximum atomic E-state index is 14.1. The van der Waals surface area contributed by atoms with Crippen LogP contribution in [0.1, 0.15) is 61.4 Å². The Morgan fingerprint density at radius 1 is 1.14 bits per heavy atom. The minimum Gasteiger partial charge on any atom is -0.394 e. The Kier molecular flexibility index (Phi) is 9.02. The second-order valence-corrected chi connectivity index (χ2v) is 11.9. The Bertz CT molecular complexity index is 1380. The summed E-state index contributed by atoms with van der Waals surface area (Å²) in [4.78, 5) is 49.6. The number of halogens is 3. The molecule has 3 aliphatic heterocycles. The molecule has 3 saturated heterocycles. The highest BCUT2D eigenvalue weighted by Gasteiger charge is 2.54. The highest BCUT2D eigenvalue weighted by Crippen LogP contribution is 2.48. The highest BCUT2D eigenvalue weighted by molar-refractivity contribution is 6.17. The lowest BCUT2D eigenvalue weighted by Gasteiger charge is -2.42. The highest BCUT2D eigenvalue weighted by atomic mass is 19.4. The molecular formula is C31H37F3N6O4. The Morgan fingerprint density at radius 2 is 1.84 bits per heavy atom. The molecule has 44 heavy (non-hydrogen) atoms. The molecular weight excluding hydrogens is 577 g/mol. The first-order valence-electron chi connectivity index (χ1n) is 15.1. The van der Waals surface area contributed by atoms with Crippen molar-refractivity contribution in [3.8, 4) is 6.57 Å². The van der Waals surface area contributed by atoms with Gasteiger partial charge in [0.1, 0.15) is 17.6 Å². The molecule has 10 nitrogen and oxygen atoms in total. The van der Waals surface area contributed by atoms with Crippen molar-refractivity contribution in [1.82, 2.24) is 15.1 Å². The predicted octanol–water partition coefficient (Wildman–Crippen LogP) is 3.24. The average molecular weight is 615 g/mol. The monoisotopic (exact) mass is 614 g/mol. The molecule has 4 atom stereocenters. The molecule has 3 heterocycles. The number of nitriles is 1. The zero-order chi connectivity index (χ0) is 31.8. The lowest BCUT2D eigenvalue weighted by Crippen LogP contribution is -2.61. The van der Waals surface area contributed by atoms with Crippen molar-refractivity contribution in [2.75, 3.05) is 26.3 Å². The maximum absolute atomic E-state index is 14.1. The minimum atomic E-state index is -4.62. The number of carbonyl (C=O) groups is 3. The number of carbonyl (C=O) groups excluding carboxylic acids is 3. The van der Waals surface area contributed by atoms with E-state index in [0.29, 0.717) is 49.9 Å². The Hall–Kier alpha value is -3.92. The van der Waals surface area contributed by atoms with Crippen LogP contribution in [-0.2, 0) is 20.5 Å². The van der Waals surface area contributed by atoms with Crippen LogP contribution in [0, 0.1) is 29.6 Å². The number of nitrogens with one attached hydrogen (secondary N) is 1. The van der Waals surface area contributed by atoms with Crippen molar-refractivity contribution in [2.24, 2.45) is 28.5 Å². The van der Waals surface area contributed by atoms with E-state index in [1.807, 2.05) is 4.90 Å². The summed E-state index contributed by atoms with van der Waals surface area (Å²) in [5, 5.41) is 9.25. The van der Waals surface area contributed by atoms with Crippen molar-refractivity contribution in [1.29, 1.82) is 5.26 Å². The summed E-state index contributed by atoms with van der Waals surface area (Å²) >= 11 is 0. The summed E-state index contributed by atoms with van der Waals surface area (Å²) in [7, 11) is 0. The fourth-order valence-corrected chi connectivity index (χ4v) is 6.71. The summed E-state index contributed by atoms with van der Waals surface area (Å²) in [6.45, 7) is 7.19. The number of likely N-dealkylation sites (N-methyl/N-ethyl adjacent to an activating group) is 1. The molecule has 5 aliphatic rings. The molecule has 1 aromatic carbocycles. The third-order valence-electron chi connectivity index (χ3n) is 9.21. The van der Waals surface area contributed by atoms with E-state index in [0.717, 1.165) is 37.8 Å². The number of fused-ring (bicyclic) bond motifs is 1. The largest absolute Gasteiger partial charge is 0.416 e. The molecule has 0 spiro atoms. The number of hydrogen-bond acceptors (Lipinski definition) is 7. The molecule has 2 saturated carbocycles. The van der Waals surface area contributed by atoms with Crippen LogP contribution in [0.4, 0.5) is 13.2 Å². The number of rotatable bonds is 6. The zero-order valence-electron chi connectivity index (χ0n) is 24.6. The second-order valence-electron chi connectivity index (χ2n) is 11.9. The lowest BCUT2D eigenvalue weighted by atomic mass is 9.79. The van der Waals surface area contributed by atoms with Gasteiger partial charge in [-0.2, -0.15) is 13.2 Å². The molecule has 0 bridgehead atoms. The number of ether oxygens (including phenoxy) is 1. The lowest BCUT2D eigenvalue weighted by molar-refractivity contribution is -0.137. The number of amidine groups is 1. The minimum absolute atomic E-state index is 0.0340. The van der Waals surface area contributed by atoms with Gasteiger partial charge in [0.25, 0.3) is 17.7 Å². The smallest absolute Gasteiger partial charge is 0.394 e. The zero-order valence-corrected chi connectivity index (χ0v) is 24.6. The molecule has 4 unspecified atom stereocenters. The average Bonchev–Trinajstić information content (AvgIpc) is 3.97. The fourth-order valence-electron chi connectivity index (χ4n) is 6.71. The molecule has 5 fully saturated rings. The van der Waals surface area contributed by atoms with Crippen LogP contribution in [0.15, 0.2) is 40.5 Å². The number of alkyl halides is 3. The van der Waals surface area contributed by atoms with Gasteiger partial charge in [-0.1, -0.05) is 6.07 Å². The topological polar surface area (TPSA) is 141 Å². The van der Waals surface area contributed by atoms with Gasteiger partial charge in [0.05, 0.1) is 11.6 Å². The van der Waals surface area contributed by atoms with Gasteiger partial charge in [-0.3, -0.25) is 24.3 Å². The van der Waals surface area contributed by atoms with Crippen molar-refractivity contribution in [3.63, 3.8) is 0 Å². The van der Waals surface area contributed by atoms with Gasteiger partial charge < -0.3 is 20.7 Å². The molecule has 3 amide bonds. The van der Waals surface area contributed by atoms with Gasteiger partial charge in [-0.25, -0.2) is 5.26 Å². The van der Waals surface area contributed by atoms with Crippen LogP contribution in [0.2, 0.25) is 0 Å². The number of likely N-dealkylation sites (tertiary alicyclic amines) is 2. The van der Waals surface area contributed by atoms with E-state index in [2.05, 4.69) is 11.9 Å². The number of piperidine rings is 2. The SMILES string of the molecule is C#N.CCN1C(=O)C(NC(=O)c2cccc(C(F)(F)F)c2)C(C2CC2)/C(=C(/N)C(=O)N2CCC3CC32)C1=NC1CCOCC1. The third-order valence-corrected chi connectivity index (χ3v) is 9.21. The molecule has 13 heteroatoms. The van der Waals surface area contributed by atoms with Gasteiger partial charge in [0.15, 0.2) is 0 Å². The van der Waals surface area contributed by atoms with E-state index in [4.69, 9.17) is 20.7 Å². The van der Waals surface area contributed by atoms with Crippen molar-refractivity contribution >= 4 is 23.6 Å². The van der Waals surface area contributed by atoms with Gasteiger partial charge in [0.2, 0.25) is 0 Å². The number of aliphatic imine (C=N–C) groups is 1. The van der Waals surface area contributed by atoms with E-state index in [9.17, 15) is 27.6 Å². The van der Waals surface area contributed by atoms with Gasteiger partial charge in [-0.05, 0) is 75.5 Å². The normalized spacial score (nSPS) is 29.0. The van der Waals surface area contributed by atoms with Crippen LogP contribution in [0.5, 0.6) is 0 Å². The van der Waals surface area contributed by atoms with E-state index < -0.39 is 35.5 Å². The summed E-state index contributed by atoms with van der Waals surface area (Å²) in [5.74, 6) is -1.28. The Labute approximate surface area is 254 Å². The Morgan fingerprint density at radius 3 is 2.41 bits per heavy atom. The first-order valence-corrected chi connectivity index (χ1v) is 15.1. The quantitative estimate of drug-likeness (QED) is 0.472. The van der Waals surface area contributed by atoms with Crippen LogP contribution in [0.3, 0.4) is 0 Å². The van der Waals surface area contributed by atoms with E-state index in [1.54, 1.807) is 6.92 Å². The van der Waals surface area contributed by atoms with Gasteiger partial charge in [0, 0.05) is 56.0 Å². The maximum Gasteiger partial charge on any atom is 0.416 e.